The Hall–Kier alpha value is -0.820. The van der Waals surface area contributed by atoms with Crippen molar-refractivity contribution in [2.45, 2.75) is 19.3 Å². The van der Waals surface area contributed by atoms with E-state index < -0.39 is 0 Å². The van der Waals surface area contributed by atoms with Crippen molar-refractivity contribution in [3.05, 3.63) is 27.9 Å². The van der Waals surface area contributed by atoms with Crippen LogP contribution in [0.5, 0.6) is 0 Å². The molecule has 3 aliphatic rings. The van der Waals surface area contributed by atoms with Gasteiger partial charge in [-0.2, -0.15) is 4.58 Å². The first kappa shape index (κ1) is 15.2. The van der Waals surface area contributed by atoms with Gasteiger partial charge in [-0.3, -0.25) is 0 Å². The van der Waals surface area contributed by atoms with Crippen LogP contribution in [-0.4, -0.2) is 48.9 Å². The van der Waals surface area contributed by atoms with Gasteiger partial charge in [0.1, 0.15) is 28.2 Å². The lowest BCUT2D eigenvalue weighted by Crippen LogP contribution is -3.00. The standard InChI is InChI=1S/C14H18N2.2ClH/c1-15(2)8-10-5-9-6-11(10)14-12(9)7-13(14)16(3)4;;/h5-7H2,1-4H3;2*1H/q+2;;/p-2. The normalized spacial score (nSPS) is 18.9. The van der Waals surface area contributed by atoms with Crippen LogP contribution in [0.4, 0.5) is 0 Å². The fourth-order valence-corrected chi connectivity index (χ4v) is 2.98. The van der Waals surface area contributed by atoms with E-state index in [2.05, 4.69) is 38.6 Å². The third-order valence-electron chi connectivity index (χ3n) is 3.71. The lowest BCUT2D eigenvalue weighted by molar-refractivity contribution is -0.465. The van der Waals surface area contributed by atoms with Crippen molar-refractivity contribution < 1.29 is 34.0 Å². The summed E-state index contributed by atoms with van der Waals surface area (Å²) in [5.41, 5.74) is 9.32. The van der Waals surface area contributed by atoms with Crippen molar-refractivity contribution in [2.75, 3.05) is 28.2 Å². The van der Waals surface area contributed by atoms with E-state index in [4.69, 9.17) is 0 Å². The Bertz CT molecular complexity index is 563. The van der Waals surface area contributed by atoms with Crippen molar-refractivity contribution in [3.63, 3.8) is 0 Å². The van der Waals surface area contributed by atoms with Crippen molar-refractivity contribution in [1.29, 1.82) is 0 Å². The van der Waals surface area contributed by atoms with Crippen LogP contribution in [-0.2, 0) is 0 Å². The molecule has 0 N–H and O–H groups in total. The molecule has 0 aromatic rings. The summed E-state index contributed by atoms with van der Waals surface area (Å²) < 4.78 is 4.30. The molecule has 0 amide bonds. The predicted octanol–water partition coefficient (Wildman–Crippen LogP) is -4.62. The lowest BCUT2D eigenvalue weighted by atomic mass is 9.78. The Balaban J connectivity index is 0.000000810. The van der Waals surface area contributed by atoms with Gasteiger partial charge < -0.3 is 24.8 Å². The van der Waals surface area contributed by atoms with Gasteiger partial charge in [0, 0.05) is 12.0 Å². The molecule has 2 bridgehead atoms. The molecule has 2 nitrogen and oxygen atoms in total. The minimum atomic E-state index is 0. The Morgan fingerprint density at radius 2 is 1.56 bits per heavy atom. The number of allylic oxidation sites excluding steroid dienone is 5. The van der Waals surface area contributed by atoms with Crippen LogP contribution in [0, 0.1) is 0 Å². The first-order valence-electron chi connectivity index (χ1n) is 5.86. The molecule has 3 rings (SSSR count). The van der Waals surface area contributed by atoms with E-state index in [1.165, 1.54) is 24.1 Å². The number of nitrogens with zero attached hydrogens (tertiary/aromatic N) is 2. The van der Waals surface area contributed by atoms with Crippen molar-refractivity contribution in [1.82, 2.24) is 0 Å². The minimum absolute atomic E-state index is 0. The second kappa shape index (κ2) is 5.05. The van der Waals surface area contributed by atoms with Gasteiger partial charge in [-0.1, -0.05) is 5.57 Å². The summed E-state index contributed by atoms with van der Waals surface area (Å²) in [6.45, 7) is 0. The predicted molar refractivity (Wildman–Crippen MR) is 65.6 cm³/mol. The molecule has 0 aromatic heterocycles. The SMILES string of the molecule is C[N+](C)=C=C1CC2=C3CC(=[N+](C)C)C3=C1C2.[Cl-].[Cl-]. The van der Waals surface area contributed by atoms with Crippen molar-refractivity contribution >= 4 is 11.6 Å². The first-order chi connectivity index (χ1) is 7.58. The summed E-state index contributed by atoms with van der Waals surface area (Å²) in [5.74, 6) is 3.44. The topological polar surface area (TPSA) is 6.02 Å². The third kappa shape index (κ3) is 1.99. The second-order valence-electron chi connectivity index (χ2n) is 5.29. The number of fused-ring (bicyclic) bond motifs is 3. The number of halogens is 2. The van der Waals surface area contributed by atoms with Gasteiger partial charge in [0.2, 0.25) is 0 Å². The summed E-state index contributed by atoms with van der Waals surface area (Å²) in [7, 11) is 8.40. The maximum absolute atomic E-state index is 3.44. The summed E-state index contributed by atoms with van der Waals surface area (Å²) in [4.78, 5) is 0. The Morgan fingerprint density at radius 1 is 0.889 bits per heavy atom. The summed E-state index contributed by atoms with van der Waals surface area (Å²) in [6.07, 6.45) is 3.53. The Morgan fingerprint density at radius 3 is 2.11 bits per heavy atom. The van der Waals surface area contributed by atoms with Gasteiger partial charge in [-0.25, -0.2) is 4.58 Å². The molecular weight excluding hydrogens is 267 g/mol. The molecule has 18 heavy (non-hydrogen) atoms. The second-order valence-corrected chi connectivity index (χ2v) is 5.29. The zero-order valence-electron chi connectivity index (χ0n) is 11.3. The monoisotopic (exact) mass is 284 g/mol. The van der Waals surface area contributed by atoms with Crippen LogP contribution in [0.15, 0.2) is 27.9 Å². The molecule has 3 aliphatic carbocycles. The number of rotatable bonds is 0. The smallest absolute Gasteiger partial charge is 0.187 e. The third-order valence-corrected chi connectivity index (χ3v) is 3.71. The highest BCUT2D eigenvalue weighted by Crippen LogP contribution is 2.53. The van der Waals surface area contributed by atoms with E-state index in [0.29, 0.717) is 0 Å². The maximum atomic E-state index is 3.44. The molecule has 0 atom stereocenters. The average Bonchev–Trinajstić information content (AvgIpc) is 2.54. The quantitative estimate of drug-likeness (QED) is 0.312. The van der Waals surface area contributed by atoms with Crippen LogP contribution >= 0.6 is 0 Å². The van der Waals surface area contributed by atoms with Crippen LogP contribution in [0.1, 0.15) is 19.3 Å². The molecule has 0 aliphatic heterocycles. The molecule has 2 fully saturated rings. The van der Waals surface area contributed by atoms with Gasteiger partial charge >= 0.3 is 0 Å². The van der Waals surface area contributed by atoms with Gasteiger partial charge in [-0.05, 0) is 17.6 Å². The largest absolute Gasteiger partial charge is 1.00 e. The van der Waals surface area contributed by atoms with Crippen LogP contribution in [0.2, 0.25) is 0 Å². The fraction of sp³-hybridized carbons (Fsp3) is 0.500. The molecule has 2 saturated carbocycles. The molecule has 0 radical (unpaired) electrons. The summed E-state index contributed by atoms with van der Waals surface area (Å²) >= 11 is 0. The summed E-state index contributed by atoms with van der Waals surface area (Å²) in [5, 5.41) is 0. The van der Waals surface area contributed by atoms with Gasteiger partial charge in [0.15, 0.2) is 11.6 Å². The first-order valence-corrected chi connectivity index (χ1v) is 5.86. The molecule has 0 saturated heterocycles. The van der Waals surface area contributed by atoms with Crippen LogP contribution in [0.3, 0.4) is 0 Å². The van der Waals surface area contributed by atoms with Crippen LogP contribution in [0.25, 0.3) is 0 Å². The highest BCUT2D eigenvalue weighted by atomic mass is 35.5. The van der Waals surface area contributed by atoms with E-state index in [0.717, 1.165) is 6.42 Å². The molecule has 0 unspecified atom stereocenters. The van der Waals surface area contributed by atoms with E-state index >= 15 is 0 Å². The van der Waals surface area contributed by atoms with Gasteiger partial charge in [0.05, 0.1) is 12.0 Å². The van der Waals surface area contributed by atoms with Crippen molar-refractivity contribution in [3.8, 4) is 0 Å². The van der Waals surface area contributed by atoms with Gasteiger partial charge in [0.25, 0.3) is 0 Å². The fourth-order valence-electron chi connectivity index (χ4n) is 2.98. The van der Waals surface area contributed by atoms with E-state index in [-0.39, 0.29) is 24.8 Å². The zero-order chi connectivity index (χ0) is 11.4. The lowest BCUT2D eigenvalue weighted by Gasteiger charge is -2.24. The summed E-state index contributed by atoms with van der Waals surface area (Å²) in [6, 6.07) is 0. The molecule has 98 valence electrons. The van der Waals surface area contributed by atoms with E-state index in [1.807, 2.05) is 4.58 Å². The van der Waals surface area contributed by atoms with Gasteiger partial charge in [-0.15, -0.1) is 0 Å². The average molecular weight is 285 g/mol. The molecule has 0 spiro atoms. The highest BCUT2D eigenvalue weighted by Gasteiger charge is 2.45. The zero-order valence-corrected chi connectivity index (χ0v) is 12.8. The van der Waals surface area contributed by atoms with Crippen molar-refractivity contribution in [2.24, 2.45) is 0 Å². The maximum Gasteiger partial charge on any atom is 0.187 e. The number of hydrogen-bond donors (Lipinski definition) is 0. The Labute approximate surface area is 121 Å². The molecule has 0 aromatic carbocycles. The molecule has 4 heteroatoms. The molecular formula is C14H18Cl2N2. The van der Waals surface area contributed by atoms with Crippen LogP contribution < -0.4 is 24.8 Å². The van der Waals surface area contributed by atoms with E-state index in [1.54, 1.807) is 22.3 Å². The Kier molecular flexibility index (Phi) is 4.27. The number of hydrogen-bond acceptors (Lipinski definition) is 0. The van der Waals surface area contributed by atoms with E-state index in [9.17, 15) is 0 Å². The highest BCUT2D eigenvalue weighted by molar-refractivity contribution is 6.14. The minimum Gasteiger partial charge on any atom is -1.00 e. The molecule has 0 heterocycles.